The summed E-state index contributed by atoms with van der Waals surface area (Å²) in [6, 6.07) is 9.36. The highest BCUT2D eigenvalue weighted by Crippen LogP contribution is 2.28. The number of nitrogens with two attached hydrogens (primary N) is 1. The van der Waals surface area contributed by atoms with Crippen molar-refractivity contribution in [1.29, 1.82) is 5.26 Å². The number of anilines is 1. The zero-order valence-corrected chi connectivity index (χ0v) is 11.4. The van der Waals surface area contributed by atoms with Crippen molar-refractivity contribution in [2.24, 2.45) is 0 Å². The van der Waals surface area contributed by atoms with Gasteiger partial charge in [-0.15, -0.1) is 0 Å². The van der Waals surface area contributed by atoms with Crippen LogP contribution < -0.4 is 10.5 Å². The van der Waals surface area contributed by atoms with Gasteiger partial charge in [-0.25, -0.2) is 9.97 Å². The Bertz CT molecular complexity index is 634. The van der Waals surface area contributed by atoms with Gasteiger partial charge in [0.15, 0.2) is 5.16 Å². The van der Waals surface area contributed by atoms with Crippen molar-refractivity contribution in [3.63, 3.8) is 0 Å². The van der Waals surface area contributed by atoms with Gasteiger partial charge < -0.3 is 10.5 Å². The van der Waals surface area contributed by atoms with E-state index in [-0.39, 0.29) is 5.82 Å². The lowest BCUT2D eigenvalue weighted by Gasteiger charge is -2.08. The molecule has 19 heavy (non-hydrogen) atoms. The number of methoxy groups -OCH3 is 1. The lowest BCUT2D eigenvalue weighted by Crippen LogP contribution is -2.02. The first-order valence-electron chi connectivity index (χ1n) is 5.45. The van der Waals surface area contributed by atoms with Crippen LogP contribution in [0.1, 0.15) is 5.56 Å². The number of nitriles is 1. The Morgan fingerprint density at radius 1 is 1.26 bits per heavy atom. The molecule has 0 unspecified atom stereocenters. The predicted molar refractivity (Wildman–Crippen MR) is 74.9 cm³/mol. The third-order valence-corrected chi connectivity index (χ3v) is 3.12. The maximum atomic E-state index is 9.18. The van der Waals surface area contributed by atoms with Gasteiger partial charge in [-0.1, -0.05) is 11.8 Å². The lowest BCUT2D eigenvalue weighted by atomic mass is 10.1. The van der Waals surface area contributed by atoms with Gasteiger partial charge in [-0.2, -0.15) is 5.26 Å². The van der Waals surface area contributed by atoms with Crippen LogP contribution in [0.4, 0.5) is 5.82 Å². The Morgan fingerprint density at radius 3 is 2.47 bits per heavy atom. The highest BCUT2D eigenvalue weighted by molar-refractivity contribution is 7.98. The normalized spacial score (nSPS) is 9.95. The van der Waals surface area contributed by atoms with Crippen LogP contribution >= 0.6 is 11.8 Å². The molecule has 0 bridgehead atoms. The number of thioether (sulfide) groups is 1. The Labute approximate surface area is 115 Å². The van der Waals surface area contributed by atoms with Crippen molar-refractivity contribution in [2.45, 2.75) is 5.16 Å². The van der Waals surface area contributed by atoms with Crippen LogP contribution in [0.3, 0.4) is 0 Å². The molecule has 2 N–H and O–H groups in total. The van der Waals surface area contributed by atoms with Gasteiger partial charge in [0.05, 0.1) is 12.8 Å². The fourth-order valence-electron chi connectivity index (χ4n) is 1.62. The summed E-state index contributed by atoms with van der Waals surface area (Å²) >= 11 is 1.38. The molecule has 0 saturated heterocycles. The molecule has 1 aromatic carbocycles. The third kappa shape index (κ3) is 2.61. The number of hydrogen-bond acceptors (Lipinski definition) is 6. The molecule has 2 rings (SSSR count). The van der Waals surface area contributed by atoms with Crippen LogP contribution in [-0.4, -0.2) is 23.3 Å². The molecule has 0 aliphatic rings. The van der Waals surface area contributed by atoms with Crippen molar-refractivity contribution < 1.29 is 4.74 Å². The lowest BCUT2D eigenvalue weighted by molar-refractivity contribution is 0.415. The van der Waals surface area contributed by atoms with Crippen LogP contribution in [0.15, 0.2) is 29.4 Å². The van der Waals surface area contributed by atoms with E-state index in [0.29, 0.717) is 16.4 Å². The van der Waals surface area contributed by atoms with Crippen LogP contribution in [0.5, 0.6) is 5.75 Å². The van der Waals surface area contributed by atoms with Crippen LogP contribution in [0.2, 0.25) is 0 Å². The van der Waals surface area contributed by atoms with Gasteiger partial charge in [0.2, 0.25) is 0 Å². The number of hydrogen-bond donors (Lipinski definition) is 1. The molecule has 0 amide bonds. The molecule has 0 atom stereocenters. The molecule has 0 saturated carbocycles. The van der Waals surface area contributed by atoms with E-state index in [4.69, 9.17) is 10.5 Å². The molecule has 6 heteroatoms. The molecule has 0 aliphatic carbocycles. The van der Waals surface area contributed by atoms with E-state index in [1.807, 2.05) is 30.5 Å². The number of ether oxygens (including phenoxy) is 1. The van der Waals surface area contributed by atoms with E-state index in [2.05, 4.69) is 16.0 Å². The molecular formula is C13H12N4OS. The maximum Gasteiger partial charge on any atom is 0.189 e. The summed E-state index contributed by atoms with van der Waals surface area (Å²) in [6.07, 6.45) is 1.86. The minimum atomic E-state index is 0.202. The molecule has 2 aromatic rings. The Kier molecular flexibility index (Phi) is 3.88. The van der Waals surface area contributed by atoms with Crippen LogP contribution in [-0.2, 0) is 0 Å². The van der Waals surface area contributed by atoms with Crippen molar-refractivity contribution in [3.8, 4) is 23.1 Å². The van der Waals surface area contributed by atoms with E-state index >= 15 is 0 Å². The SMILES string of the molecule is COc1ccc(-c2nc(SC)nc(N)c2C#N)cc1. The molecular weight excluding hydrogens is 260 g/mol. The molecule has 0 radical (unpaired) electrons. The molecule has 0 spiro atoms. The zero-order chi connectivity index (χ0) is 13.8. The van der Waals surface area contributed by atoms with E-state index in [0.717, 1.165) is 11.3 Å². The van der Waals surface area contributed by atoms with Gasteiger partial charge >= 0.3 is 0 Å². The summed E-state index contributed by atoms with van der Waals surface area (Å²) in [5.41, 5.74) is 7.44. The molecule has 96 valence electrons. The predicted octanol–water partition coefficient (Wildman–Crippen LogP) is 2.33. The highest BCUT2D eigenvalue weighted by atomic mass is 32.2. The van der Waals surface area contributed by atoms with Crippen molar-refractivity contribution >= 4 is 17.6 Å². The minimum absolute atomic E-state index is 0.202. The second-order valence-electron chi connectivity index (χ2n) is 3.66. The summed E-state index contributed by atoms with van der Waals surface area (Å²) in [5.74, 6) is 0.946. The average molecular weight is 272 g/mol. The third-order valence-electron chi connectivity index (χ3n) is 2.57. The van der Waals surface area contributed by atoms with Gasteiger partial charge in [0.1, 0.15) is 23.2 Å². The number of nitrogens with zero attached hydrogens (tertiary/aromatic N) is 3. The quantitative estimate of drug-likeness (QED) is 0.681. The first kappa shape index (κ1) is 13.2. The highest BCUT2D eigenvalue weighted by Gasteiger charge is 2.13. The zero-order valence-electron chi connectivity index (χ0n) is 10.5. The minimum Gasteiger partial charge on any atom is -0.497 e. The van der Waals surface area contributed by atoms with Gasteiger partial charge in [-0.05, 0) is 30.5 Å². The fraction of sp³-hybridized carbons (Fsp3) is 0.154. The summed E-state index contributed by atoms with van der Waals surface area (Å²) in [7, 11) is 1.60. The maximum absolute atomic E-state index is 9.18. The van der Waals surface area contributed by atoms with Crippen LogP contribution in [0.25, 0.3) is 11.3 Å². The van der Waals surface area contributed by atoms with E-state index in [1.165, 1.54) is 11.8 Å². The Hall–Kier alpha value is -2.26. The van der Waals surface area contributed by atoms with Crippen molar-refractivity contribution in [3.05, 3.63) is 29.8 Å². The van der Waals surface area contributed by atoms with E-state index in [1.54, 1.807) is 7.11 Å². The topological polar surface area (TPSA) is 84.8 Å². The molecule has 1 heterocycles. The standard InChI is InChI=1S/C13H12N4OS/c1-18-9-5-3-8(4-6-9)11-10(7-14)12(15)17-13(16-11)19-2/h3-6H,1-2H3,(H2,15,16,17). The summed E-state index contributed by atoms with van der Waals surface area (Å²) in [5, 5.41) is 9.73. The van der Waals surface area contributed by atoms with Gasteiger partial charge in [-0.3, -0.25) is 0 Å². The molecule has 0 aliphatic heterocycles. The molecule has 5 nitrogen and oxygen atoms in total. The first-order chi connectivity index (χ1) is 9.19. The van der Waals surface area contributed by atoms with E-state index < -0.39 is 0 Å². The number of rotatable bonds is 3. The number of aromatic nitrogens is 2. The van der Waals surface area contributed by atoms with Gasteiger partial charge in [0, 0.05) is 5.56 Å². The van der Waals surface area contributed by atoms with Gasteiger partial charge in [0.25, 0.3) is 0 Å². The fourth-order valence-corrected chi connectivity index (χ4v) is 1.99. The smallest absolute Gasteiger partial charge is 0.189 e. The van der Waals surface area contributed by atoms with Crippen molar-refractivity contribution in [2.75, 3.05) is 19.1 Å². The second kappa shape index (κ2) is 5.59. The Morgan fingerprint density at radius 2 is 1.95 bits per heavy atom. The van der Waals surface area contributed by atoms with Crippen molar-refractivity contribution in [1.82, 2.24) is 9.97 Å². The molecule has 1 aromatic heterocycles. The van der Waals surface area contributed by atoms with Crippen LogP contribution in [0, 0.1) is 11.3 Å². The first-order valence-corrected chi connectivity index (χ1v) is 6.68. The largest absolute Gasteiger partial charge is 0.497 e. The number of benzene rings is 1. The van der Waals surface area contributed by atoms with E-state index in [9.17, 15) is 5.26 Å². The average Bonchev–Trinajstić information content (AvgIpc) is 2.46. The monoisotopic (exact) mass is 272 g/mol. The number of nitrogen functional groups attached to an aromatic ring is 1. The summed E-state index contributed by atoms with van der Waals surface area (Å²) < 4.78 is 5.10. The Balaban J connectivity index is 2.59. The second-order valence-corrected chi connectivity index (χ2v) is 4.43. The summed E-state index contributed by atoms with van der Waals surface area (Å²) in [4.78, 5) is 8.42. The summed E-state index contributed by atoms with van der Waals surface area (Å²) in [6.45, 7) is 0. The molecule has 0 fully saturated rings.